The zero-order valence-corrected chi connectivity index (χ0v) is 8.85. The minimum atomic E-state index is 0.869. The molecule has 0 aliphatic heterocycles. The first-order chi connectivity index (χ1) is 5.06. The SMILES string of the molecule is BC(CC(C)C)CC(C)CC. The second-order valence-corrected chi connectivity index (χ2v) is 4.48. The third-order valence-electron chi connectivity index (χ3n) is 2.38. The molecule has 0 nitrogen and oxygen atoms in total. The van der Waals surface area contributed by atoms with Crippen LogP contribution in [0, 0.1) is 11.8 Å². The van der Waals surface area contributed by atoms with Gasteiger partial charge in [-0.15, -0.1) is 0 Å². The Labute approximate surface area is 73.2 Å². The van der Waals surface area contributed by atoms with Crippen molar-refractivity contribution in [1.29, 1.82) is 0 Å². The molecule has 0 spiro atoms. The van der Waals surface area contributed by atoms with E-state index in [2.05, 4.69) is 35.5 Å². The molecular formula is C10H23B. The summed E-state index contributed by atoms with van der Waals surface area (Å²) in [7, 11) is 2.38. The normalized spacial score (nSPS) is 16.8. The summed E-state index contributed by atoms with van der Waals surface area (Å²) in [4.78, 5) is 0. The quantitative estimate of drug-likeness (QED) is 0.534. The molecule has 0 saturated heterocycles. The summed E-state index contributed by atoms with van der Waals surface area (Å²) in [5.41, 5.74) is 0. The topological polar surface area (TPSA) is 0 Å². The molecule has 0 N–H and O–H groups in total. The Morgan fingerprint density at radius 2 is 1.64 bits per heavy atom. The van der Waals surface area contributed by atoms with Crippen LogP contribution in [0.1, 0.15) is 47.0 Å². The zero-order chi connectivity index (χ0) is 8.85. The van der Waals surface area contributed by atoms with Crippen LogP contribution >= 0.6 is 0 Å². The van der Waals surface area contributed by atoms with Crippen molar-refractivity contribution in [3.63, 3.8) is 0 Å². The van der Waals surface area contributed by atoms with E-state index in [0.717, 1.165) is 17.7 Å². The predicted molar refractivity (Wildman–Crippen MR) is 55.8 cm³/mol. The molecular weight excluding hydrogens is 131 g/mol. The van der Waals surface area contributed by atoms with Crippen LogP contribution in [0.3, 0.4) is 0 Å². The molecule has 0 bridgehead atoms. The van der Waals surface area contributed by atoms with Gasteiger partial charge in [-0.3, -0.25) is 0 Å². The van der Waals surface area contributed by atoms with Gasteiger partial charge in [-0.2, -0.15) is 0 Å². The van der Waals surface area contributed by atoms with E-state index >= 15 is 0 Å². The standard InChI is InChI=1S/C10H23B/c1-5-9(4)7-10(11)6-8(2)3/h8-10H,5-7,11H2,1-4H3. The highest BCUT2D eigenvalue weighted by atomic mass is 14.1. The largest absolute Gasteiger partial charge is 0.105 e. The number of hydrogen-bond acceptors (Lipinski definition) is 0. The summed E-state index contributed by atoms with van der Waals surface area (Å²) < 4.78 is 0. The van der Waals surface area contributed by atoms with Crippen LogP contribution in [0.4, 0.5) is 0 Å². The van der Waals surface area contributed by atoms with Crippen LogP contribution in [0.2, 0.25) is 5.82 Å². The third-order valence-corrected chi connectivity index (χ3v) is 2.38. The molecule has 2 atom stereocenters. The number of hydrogen-bond donors (Lipinski definition) is 0. The highest BCUT2D eigenvalue weighted by molar-refractivity contribution is 6.11. The van der Waals surface area contributed by atoms with Gasteiger partial charge in [0.05, 0.1) is 0 Å². The van der Waals surface area contributed by atoms with Crippen molar-refractivity contribution in [2.45, 2.75) is 52.8 Å². The van der Waals surface area contributed by atoms with Gasteiger partial charge in [0, 0.05) is 0 Å². The van der Waals surface area contributed by atoms with E-state index in [1.54, 1.807) is 0 Å². The summed E-state index contributed by atoms with van der Waals surface area (Å²) >= 11 is 0. The fourth-order valence-corrected chi connectivity index (χ4v) is 1.75. The van der Waals surface area contributed by atoms with E-state index in [1.807, 2.05) is 0 Å². The van der Waals surface area contributed by atoms with Gasteiger partial charge in [-0.25, -0.2) is 0 Å². The monoisotopic (exact) mass is 154 g/mol. The summed E-state index contributed by atoms with van der Waals surface area (Å²) in [5, 5.41) is 0. The molecule has 0 radical (unpaired) electrons. The van der Waals surface area contributed by atoms with Crippen LogP contribution < -0.4 is 0 Å². The first-order valence-electron chi connectivity index (χ1n) is 5.06. The average molecular weight is 154 g/mol. The fraction of sp³-hybridized carbons (Fsp3) is 1.00. The summed E-state index contributed by atoms with van der Waals surface area (Å²) in [5.74, 6) is 2.71. The van der Waals surface area contributed by atoms with Crippen molar-refractivity contribution in [2.24, 2.45) is 11.8 Å². The summed E-state index contributed by atoms with van der Waals surface area (Å²) in [6.45, 7) is 9.27. The molecule has 11 heavy (non-hydrogen) atoms. The van der Waals surface area contributed by atoms with Crippen LogP contribution in [0.15, 0.2) is 0 Å². The maximum atomic E-state index is 2.38. The smallest absolute Gasteiger partial charge is 0.0692 e. The van der Waals surface area contributed by atoms with Crippen LogP contribution in [0.25, 0.3) is 0 Å². The van der Waals surface area contributed by atoms with Gasteiger partial charge >= 0.3 is 0 Å². The Bertz CT molecular complexity index is 88.9. The lowest BCUT2D eigenvalue weighted by molar-refractivity contribution is 0.449. The molecule has 0 fully saturated rings. The fourth-order valence-electron chi connectivity index (χ4n) is 1.75. The lowest BCUT2D eigenvalue weighted by Crippen LogP contribution is -2.03. The lowest BCUT2D eigenvalue weighted by atomic mass is 9.75. The van der Waals surface area contributed by atoms with Gasteiger partial charge in [0.2, 0.25) is 0 Å². The molecule has 0 aliphatic rings. The molecule has 0 amide bonds. The molecule has 0 rings (SSSR count). The highest BCUT2D eigenvalue weighted by Crippen LogP contribution is 2.23. The van der Waals surface area contributed by atoms with Crippen LogP contribution in [0.5, 0.6) is 0 Å². The minimum Gasteiger partial charge on any atom is -0.0692 e. The molecule has 0 aromatic carbocycles. The predicted octanol–water partition coefficient (Wildman–Crippen LogP) is 2.89. The second-order valence-electron chi connectivity index (χ2n) is 4.48. The molecule has 0 aromatic rings. The number of rotatable bonds is 5. The van der Waals surface area contributed by atoms with Gasteiger partial charge in [0.1, 0.15) is 7.85 Å². The Morgan fingerprint density at radius 3 is 2.00 bits per heavy atom. The lowest BCUT2D eigenvalue weighted by Gasteiger charge is -2.17. The Kier molecular flexibility index (Phi) is 5.72. The van der Waals surface area contributed by atoms with E-state index < -0.39 is 0 Å². The molecule has 2 unspecified atom stereocenters. The Hall–Kier alpha value is 0.0649. The van der Waals surface area contributed by atoms with E-state index in [0.29, 0.717) is 0 Å². The van der Waals surface area contributed by atoms with Gasteiger partial charge in [0.25, 0.3) is 0 Å². The van der Waals surface area contributed by atoms with Gasteiger partial charge in [0.15, 0.2) is 0 Å². The first-order valence-corrected chi connectivity index (χ1v) is 5.06. The van der Waals surface area contributed by atoms with E-state index in [9.17, 15) is 0 Å². The van der Waals surface area contributed by atoms with Crippen molar-refractivity contribution in [2.75, 3.05) is 0 Å². The molecule has 66 valence electrons. The first kappa shape index (κ1) is 11.1. The van der Waals surface area contributed by atoms with Gasteiger partial charge < -0.3 is 0 Å². The maximum absolute atomic E-state index is 2.38. The highest BCUT2D eigenvalue weighted by Gasteiger charge is 2.08. The van der Waals surface area contributed by atoms with Crippen LogP contribution in [-0.2, 0) is 0 Å². The molecule has 1 heteroatoms. The molecule has 0 heterocycles. The van der Waals surface area contributed by atoms with Gasteiger partial charge in [-0.1, -0.05) is 52.8 Å². The van der Waals surface area contributed by atoms with E-state index in [1.165, 1.54) is 19.3 Å². The van der Waals surface area contributed by atoms with Crippen molar-refractivity contribution >= 4 is 7.85 Å². The molecule has 0 aromatic heterocycles. The maximum Gasteiger partial charge on any atom is 0.105 e. The second kappa shape index (κ2) is 5.68. The molecule has 0 aliphatic carbocycles. The Morgan fingerprint density at radius 1 is 1.09 bits per heavy atom. The van der Waals surface area contributed by atoms with Crippen molar-refractivity contribution in [3.8, 4) is 0 Å². The Balaban J connectivity index is 3.43. The van der Waals surface area contributed by atoms with Gasteiger partial charge in [-0.05, 0) is 11.8 Å². The van der Waals surface area contributed by atoms with Crippen molar-refractivity contribution < 1.29 is 0 Å². The minimum absolute atomic E-state index is 0.869. The summed E-state index contributed by atoms with van der Waals surface area (Å²) in [6, 6.07) is 0. The summed E-state index contributed by atoms with van der Waals surface area (Å²) in [6.07, 6.45) is 4.14. The van der Waals surface area contributed by atoms with E-state index in [-0.39, 0.29) is 0 Å². The third kappa shape index (κ3) is 6.46. The van der Waals surface area contributed by atoms with Crippen molar-refractivity contribution in [3.05, 3.63) is 0 Å². The van der Waals surface area contributed by atoms with Crippen LogP contribution in [-0.4, -0.2) is 7.85 Å². The average Bonchev–Trinajstić information content (AvgIpc) is 1.85. The zero-order valence-electron chi connectivity index (χ0n) is 8.85. The van der Waals surface area contributed by atoms with E-state index in [4.69, 9.17) is 0 Å². The van der Waals surface area contributed by atoms with Crippen molar-refractivity contribution in [1.82, 2.24) is 0 Å². The molecule has 0 saturated carbocycles.